The van der Waals surface area contributed by atoms with Crippen LogP contribution in [0, 0.1) is 0 Å². The number of phenolic OH excluding ortho intramolecular Hbond substituents is 1. The molecule has 1 aliphatic rings. The third-order valence-electron chi connectivity index (χ3n) is 3.08. The van der Waals surface area contributed by atoms with E-state index in [9.17, 15) is 4.79 Å². The predicted molar refractivity (Wildman–Crippen MR) is 84.9 cm³/mol. The first-order valence-electron chi connectivity index (χ1n) is 7.00. The number of hydrogen-bond acceptors (Lipinski definition) is 3. The molecule has 0 spiro atoms. The molecule has 118 valence electrons. The van der Waals surface area contributed by atoms with Crippen LogP contribution in [0.5, 0.6) is 5.75 Å². The lowest BCUT2D eigenvalue weighted by molar-refractivity contribution is -0.133. The molecule has 1 fully saturated rings. The zero-order valence-corrected chi connectivity index (χ0v) is 13.6. The van der Waals surface area contributed by atoms with Crippen molar-refractivity contribution in [1.29, 1.82) is 0 Å². The van der Waals surface area contributed by atoms with E-state index in [4.69, 9.17) is 33.4 Å². The quantitative estimate of drug-likeness (QED) is 0.871. The molecular weight excluding hydrogens is 313 g/mol. The van der Waals surface area contributed by atoms with Crippen molar-refractivity contribution in [2.75, 3.05) is 13.1 Å². The van der Waals surface area contributed by atoms with Gasteiger partial charge in [-0.15, -0.1) is 0 Å². The van der Waals surface area contributed by atoms with Crippen molar-refractivity contribution in [2.45, 2.75) is 38.7 Å². The number of piperidine rings is 1. The summed E-state index contributed by atoms with van der Waals surface area (Å²) in [6.45, 7) is 3.42. The van der Waals surface area contributed by atoms with Gasteiger partial charge in [-0.1, -0.05) is 23.2 Å². The Balaban J connectivity index is 0.000000219. The van der Waals surface area contributed by atoms with E-state index < -0.39 is 6.10 Å². The normalized spacial score (nSPS) is 15.9. The summed E-state index contributed by atoms with van der Waals surface area (Å²) in [7, 11) is 0. The van der Waals surface area contributed by atoms with Gasteiger partial charge in [0.1, 0.15) is 5.75 Å². The Labute approximate surface area is 135 Å². The molecule has 6 heteroatoms. The summed E-state index contributed by atoms with van der Waals surface area (Å²) < 4.78 is 0. The molecule has 1 aromatic rings. The summed E-state index contributed by atoms with van der Waals surface area (Å²) in [4.78, 5) is 13.2. The molecule has 0 aromatic heterocycles. The highest BCUT2D eigenvalue weighted by Crippen LogP contribution is 2.25. The van der Waals surface area contributed by atoms with Crippen molar-refractivity contribution in [1.82, 2.24) is 4.90 Å². The van der Waals surface area contributed by atoms with Crippen LogP contribution in [0.2, 0.25) is 10.0 Å². The van der Waals surface area contributed by atoms with Crippen molar-refractivity contribution < 1.29 is 15.0 Å². The van der Waals surface area contributed by atoms with E-state index in [1.165, 1.54) is 18.6 Å². The maximum atomic E-state index is 11.4. The van der Waals surface area contributed by atoms with Gasteiger partial charge in [-0.25, -0.2) is 0 Å². The molecule has 2 rings (SSSR count). The zero-order valence-electron chi connectivity index (χ0n) is 12.1. The van der Waals surface area contributed by atoms with Crippen LogP contribution in [-0.2, 0) is 4.79 Å². The lowest BCUT2D eigenvalue weighted by Gasteiger charge is -2.27. The van der Waals surface area contributed by atoms with Crippen LogP contribution >= 0.6 is 23.2 Å². The van der Waals surface area contributed by atoms with Gasteiger partial charge in [0, 0.05) is 13.1 Å². The second-order valence-electron chi connectivity index (χ2n) is 5.09. The lowest BCUT2D eigenvalue weighted by atomic mass is 10.1. The number of aromatic hydroxyl groups is 1. The smallest absolute Gasteiger partial charge is 0.225 e. The number of carbonyl (C=O) groups excluding carboxylic acids is 1. The molecule has 1 heterocycles. The summed E-state index contributed by atoms with van der Waals surface area (Å²) in [6, 6.07) is 4.41. The summed E-state index contributed by atoms with van der Waals surface area (Å²) >= 11 is 11.1. The van der Waals surface area contributed by atoms with Crippen LogP contribution in [0.1, 0.15) is 32.6 Å². The summed E-state index contributed by atoms with van der Waals surface area (Å²) in [5.74, 6) is 0.231. The first kappa shape index (κ1) is 18.1. The number of aliphatic hydroxyl groups excluding tert-OH is 1. The third kappa shape index (κ3) is 7.02. The number of benzene rings is 1. The van der Waals surface area contributed by atoms with Gasteiger partial charge < -0.3 is 15.1 Å². The van der Waals surface area contributed by atoms with Crippen molar-refractivity contribution in [3.05, 3.63) is 28.2 Å². The molecule has 0 bridgehead atoms. The Bertz CT molecular complexity index is 460. The maximum Gasteiger partial charge on any atom is 0.225 e. The molecule has 1 aromatic carbocycles. The van der Waals surface area contributed by atoms with Crippen molar-refractivity contribution >= 4 is 29.1 Å². The van der Waals surface area contributed by atoms with E-state index in [1.807, 2.05) is 4.90 Å². The topological polar surface area (TPSA) is 60.8 Å². The van der Waals surface area contributed by atoms with Crippen molar-refractivity contribution in [2.24, 2.45) is 0 Å². The molecule has 0 radical (unpaired) electrons. The fraction of sp³-hybridized carbons (Fsp3) is 0.533. The van der Waals surface area contributed by atoms with Gasteiger partial charge in [-0.3, -0.25) is 4.79 Å². The van der Waals surface area contributed by atoms with Gasteiger partial charge in [0.15, 0.2) is 0 Å². The van der Waals surface area contributed by atoms with Crippen LogP contribution in [0.15, 0.2) is 18.2 Å². The minimum atomic E-state index is -0.501. The van der Waals surface area contributed by atoms with Crippen molar-refractivity contribution in [3.63, 3.8) is 0 Å². The number of likely N-dealkylation sites (tertiary alicyclic amines) is 1. The Morgan fingerprint density at radius 2 is 1.86 bits per heavy atom. The third-order valence-corrected chi connectivity index (χ3v) is 3.82. The van der Waals surface area contributed by atoms with E-state index in [2.05, 4.69) is 0 Å². The van der Waals surface area contributed by atoms with Gasteiger partial charge >= 0.3 is 0 Å². The molecule has 0 aliphatic carbocycles. The number of rotatable bonds is 2. The van der Waals surface area contributed by atoms with Crippen LogP contribution < -0.4 is 0 Å². The number of halogens is 2. The number of phenols is 1. The molecule has 1 atom stereocenters. The number of nitrogens with zero attached hydrogens (tertiary/aromatic N) is 1. The van der Waals surface area contributed by atoms with Crippen molar-refractivity contribution in [3.8, 4) is 5.75 Å². The largest absolute Gasteiger partial charge is 0.508 e. The second-order valence-corrected chi connectivity index (χ2v) is 5.91. The fourth-order valence-corrected chi connectivity index (χ4v) is 2.30. The standard InChI is InChI=1S/C9H17NO2.C6H4Cl2O/c1-8(11)7-9(12)10-5-3-2-4-6-10;7-5-2-1-4(9)3-6(5)8/h8,11H,2-7H2,1H3;1-3,9H. The van der Waals surface area contributed by atoms with Gasteiger partial charge in [-0.2, -0.15) is 0 Å². The summed E-state index contributed by atoms with van der Waals surface area (Å²) in [5, 5.41) is 18.6. The average Bonchev–Trinajstić information content (AvgIpc) is 2.44. The lowest BCUT2D eigenvalue weighted by Crippen LogP contribution is -2.36. The molecule has 1 amide bonds. The molecular formula is C15H21Cl2NO3. The molecule has 1 aliphatic heterocycles. The highest BCUT2D eigenvalue weighted by atomic mass is 35.5. The van der Waals surface area contributed by atoms with E-state index in [0.717, 1.165) is 25.9 Å². The second kappa shape index (κ2) is 9.13. The first-order chi connectivity index (χ1) is 9.90. The molecule has 2 N–H and O–H groups in total. The Morgan fingerprint density at radius 1 is 1.24 bits per heavy atom. The monoisotopic (exact) mass is 333 g/mol. The first-order valence-corrected chi connectivity index (χ1v) is 7.75. The number of carbonyl (C=O) groups is 1. The van der Waals surface area contributed by atoms with E-state index in [0.29, 0.717) is 10.0 Å². The average molecular weight is 334 g/mol. The minimum absolute atomic E-state index is 0.102. The predicted octanol–water partition coefficient (Wildman–Crippen LogP) is 3.47. The molecule has 0 saturated carbocycles. The SMILES string of the molecule is CC(O)CC(=O)N1CCCCC1.Oc1ccc(Cl)c(Cl)c1. The number of aliphatic hydroxyl groups is 1. The highest BCUT2D eigenvalue weighted by molar-refractivity contribution is 6.42. The van der Waals surface area contributed by atoms with E-state index >= 15 is 0 Å². The Kier molecular flexibility index (Phi) is 7.86. The summed E-state index contributed by atoms with van der Waals surface area (Å²) in [5.41, 5.74) is 0. The van der Waals surface area contributed by atoms with Gasteiger partial charge in [0.25, 0.3) is 0 Å². The van der Waals surface area contributed by atoms with Gasteiger partial charge in [0.05, 0.1) is 22.6 Å². The van der Waals surface area contributed by atoms with Crippen LogP contribution in [0.3, 0.4) is 0 Å². The molecule has 21 heavy (non-hydrogen) atoms. The maximum absolute atomic E-state index is 11.4. The number of amides is 1. The van der Waals surface area contributed by atoms with Gasteiger partial charge in [-0.05, 0) is 44.4 Å². The van der Waals surface area contributed by atoms with E-state index in [1.54, 1.807) is 13.0 Å². The number of hydrogen-bond donors (Lipinski definition) is 2. The molecule has 1 unspecified atom stereocenters. The summed E-state index contributed by atoms with van der Waals surface area (Å²) in [6.07, 6.45) is 3.25. The fourth-order valence-electron chi connectivity index (χ4n) is 2.01. The van der Waals surface area contributed by atoms with Crippen LogP contribution in [0.25, 0.3) is 0 Å². The van der Waals surface area contributed by atoms with Crippen LogP contribution in [-0.4, -0.2) is 40.2 Å². The van der Waals surface area contributed by atoms with Gasteiger partial charge in [0.2, 0.25) is 5.91 Å². The Morgan fingerprint density at radius 3 is 2.33 bits per heavy atom. The zero-order chi connectivity index (χ0) is 15.8. The highest BCUT2D eigenvalue weighted by Gasteiger charge is 2.17. The Hall–Kier alpha value is -0.970. The van der Waals surface area contributed by atoms with E-state index in [-0.39, 0.29) is 18.1 Å². The molecule has 1 saturated heterocycles. The molecule has 4 nitrogen and oxygen atoms in total. The minimum Gasteiger partial charge on any atom is -0.508 e. The van der Waals surface area contributed by atoms with Crippen LogP contribution in [0.4, 0.5) is 0 Å².